The number of hydrogen-bond donors (Lipinski definition) is 2. The molecule has 2 amide bonds. The predicted molar refractivity (Wildman–Crippen MR) is 91.2 cm³/mol. The van der Waals surface area contributed by atoms with Crippen LogP contribution in [0.15, 0.2) is 36.9 Å². The van der Waals surface area contributed by atoms with Crippen molar-refractivity contribution in [2.45, 2.75) is 25.9 Å². The lowest BCUT2D eigenvalue weighted by Crippen LogP contribution is -2.35. The fourth-order valence-electron chi connectivity index (χ4n) is 2.28. The van der Waals surface area contributed by atoms with E-state index in [-0.39, 0.29) is 6.03 Å². The summed E-state index contributed by atoms with van der Waals surface area (Å²) in [5, 5.41) is 5.68. The second-order valence-corrected chi connectivity index (χ2v) is 5.31. The van der Waals surface area contributed by atoms with Crippen molar-refractivity contribution in [1.29, 1.82) is 0 Å². The first kappa shape index (κ1) is 17.7. The molecule has 0 unspecified atom stereocenters. The minimum absolute atomic E-state index is 0.174. The third-order valence-corrected chi connectivity index (χ3v) is 3.59. The van der Waals surface area contributed by atoms with Gasteiger partial charge >= 0.3 is 6.03 Å². The van der Waals surface area contributed by atoms with E-state index in [0.29, 0.717) is 24.6 Å². The molecule has 7 heteroatoms. The molecule has 0 aliphatic rings. The van der Waals surface area contributed by atoms with Crippen molar-refractivity contribution in [2.75, 3.05) is 20.8 Å². The van der Waals surface area contributed by atoms with Crippen LogP contribution in [0.5, 0.6) is 11.5 Å². The van der Waals surface area contributed by atoms with Gasteiger partial charge in [-0.3, -0.25) is 0 Å². The number of urea groups is 1. The molecule has 7 nitrogen and oxygen atoms in total. The van der Waals surface area contributed by atoms with Crippen LogP contribution >= 0.6 is 0 Å². The zero-order chi connectivity index (χ0) is 17.2. The first-order valence-corrected chi connectivity index (χ1v) is 7.91. The van der Waals surface area contributed by atoms with Gasteiger partial charge in [0.1, 0.15) is 0 Å². The van der Waals surface area contributed by atoms with Gasteiger partial charge in [0.05, 0.1) is 20.5 Å². The summed E-state index contributed by atoms with van der Waals surface area (Å²) >= 11 is 0. The van der Waals surface area contributed by atoms with Gasteiger partial charge in [-0.05, 0) is 30.5 Å². The number of methoxy groups -OCH3 is 2. The van der Waals surface area contributed by atoms with Crippen LogP contribution in [0.3, 0.4) is 0 Å². The summed E-state index contributed by atoms with van der Waals surface area (Å²) in [5.74, 6) is 1.32. The van der Waals surface area contributed by atoms with Crippen LogP contribution in [0.2, 0.25) is 0 Å². The smallest absolute Gasteiger partial charge is 0.315 e. The average Bonchev–Trinajstić information content (AvgIpc) is 3.12. The number of carbonyl (C=O) groups is 1. The molecule has 1 aromatic heterocycles. The second kappa shape index (κ2) is 9.44. The first-order chi connectivity index (χ1) is 11.7. The van der Waals surface area contributed by atoms with Crippen LogP contribution in [0, 0.1) is 0 Å². The Morgan fingerprint density at radius 3 is 2.71 bits per heavy atom. The highest BCUT2D eigenvalue weighted by molar-refractivity contribution is 5.73. The summed E-state index contributed by atoms with van der Waals surface area (Å²) in [6.07, 6.45) is 7.40. The van der Waals surface area contributed by atoms with Gasteiger partial charge in [-0.15, -0.1) is 0 Å². The van der Waals surface area contributed by atoms with E-state index in [1.54, 1.807) is 26.7 Å². The molecule has 0 radical (unpaired) electrons. The number of amides is 2. The maximum absolute atomic E-state index is 11.8. The SMILES string of the molecule is COc1ccc(CNC(=O)NCCCCn2ccnc2)cc1OC. The van der Waals surface area contributed by atoms with Crippen molar-refractivity contribution in [3.63, 3.8) is 0 Å². The Morgan fingerprint density at radius 2 is 2.00 bits per heavy atom. The molecular formula is C17H24N4O3. The van der Waals surface area contributed by atoms with E-state index in [4.69, 9.17) is 9.47 Å². The Labute approximate surface area is 142 Å². The lowest BCUT2D eigenvalue weighted by Gasteiger charge is -2.11. The molecule has 0 bridgehead atoms. The maximum atomic E-state index is 11.8. The number of hydrogen-bond acceptors (Lipinski definition) is 4. The second-order valence-electron chi connectivity index (χ2n) is 5.31. The maximum Gasteiger partial charge on any atom is 0.315 e. The van der Waals surface area contributed by atoms with Crippen molar-refractivity contribution < 1.29 is 14.3 Å². The van der Waals surface area contributed by atoms with E-state index < -0.39 is 0 Å². The lowest BCUT2D eigenvalue weighted by atomic mass is 10.2. The van der Waals surface area contributed by atoms with E-state index >= 15 is 0 Å². The number of benzene rings is 1. The number of unbranched alkanes of at least 4 members (excludes halogenated alkanes) is 1. The highest BCUT2D eigenvalue weighted by atomic mass is 16.5. The molecule has 0 fully saturated rings. The van der Waals surface area contributed by atoms with Crippen molar-refractivity contribution in [1.82, 2.24) is 20.2 Å². The molecule has 24 heavy (non-hydrogen) atoms. The summed E-state index contributed by atoms with van der Waals surface area (Å²) in [5.41, 5.74) is 0.947. The van der Waals surface area contributed by atoms with Crippen LogP contribution in [-0.4, -0.2) is 36.3 Å². The lowest BCUT2D eigenvalue weighted by molar-refractivity contribution is 0.240. The van der Waals surface area contributed by atoms with E-state index in [0.717, 1.165) is 24.9 Å². The zero-order valence-electron chi connectivity index (χ0n) is 14.1. The highest BCUT2D eigenvalue weighted by Gasteiger charge is 2.05. The molecular weight excluding hydrogens is 308 g/mol. The summed E-state index contributed by atoms with van der Waals surface area (Å²) in [6, 6.07) is 5.40. The molecule has 0 spiro atoms. The number of aromatic nitrogens is 2. The minimum atomic E-state index is -0.174. The van der Waals surface area contributed by atoms with Crippen LogP contribution in [0.1, 0.15) is 18.4 Å². The molecule has 1 aromatic carbocycles. The fourth-order valence-corrected chi connectivity index (χ4v) is 2.28. The summed E-state index contributed by atoms with van der Waals surface area (Å²) < 4.78 is 12.5. The van der Waals surface area contributed by atoms with Crippen molar-refractivity contribution in [3.05, 3.63) is 42.5 Å². The van der Waals surface area contributed by atoms with Gasteiger partial charge < -0.3 is 24.7 Å². The van der Waals surface area contributed by atoms with Gasteiger partial charge in [0.15, 0.2) is 11.5 Å². The monoisotopic (exact) mass is 332 g/mol. The van der Waals surface area contributed by atoms with E-state index in [9.17, 15) is 4.79 Å². The highest BCUT2D eigenvalue weighted by Crippen LogP contribution is 2.27. The number of nitrogens with one attached hydrogen (secondary N) is 2. The van der Waals surface area contributed by atoms with Gasteiger partial charge in [0.2, 0.25) is 0 Å². The number of aryl methyl sites for hydroxylation is 1. The molecule has 0 atom stereocenters. The van der Waals surface area contributed by atoms with Gasteiger partial charge in [-0.1, -0.05) is 6.07 Å². The first-order valence-electron chi connectivity index (χ1n) is 7.91. The van der Waals surface area contributed by atoms with Crippen LogP contribution in [0.25, 0.3) is 0 Å². The normalized spacial score (nSPS) is 10.2. The summed E-state index contributed by atoms with van der Waals surface area (Å²) in [7, 11) is 3.18. The number of rotatable bonds is 9. The molecule has 0 saturated carbocycles. The van der Waals surface area contributed by atoms with Gasteiger partial charge in [0, 0.05) is 32.0 Å². The fraction of sp³-hybridized carbons (Fsp3) is 0.412. The molecule has 1 heterocycles. The van der Waals surface area contributed by atoms with Gasteiger partial charge in [-0.25, -0.2) is 9.78 Å². The quantitative estimate of drug-likeness (QED) is 0.690. The Bertz CT molecular complexity index is 629. The Kier molecular flexibility index (Phi) is 6.94. The van der Waals surface area contributed by atoms with E-state index in [1.165, 1.54) is 0 Å². The zero-order valence-corrected chi connectivity index (χ0v) is 14.1. The van der Waals surface area contributed by atoms with E-state index in [2.05, 4.69) is 15.6 Å². The molecule has 2 aromatic rings. The Balaban J connectivity index is 1.64. The Morgan fingerprint density at radius 1 is 1.17 bits per heavy atom. The number of nitrogens with zero attached hydrogens (tertiary/aromatic N) is 2. The number of ether oxygens (including phenoxy) is 2. The van der Waals surface area contributed by atoms with Crippen LogP contribution in [0.4, 0.5) is 4.79 Å². The molecule has 0 aliphatic heterocycles. The van der Waals surface area contributed by atoms with Crippen molar-refractivity contribution in [2.24, 2.45) is 0 Å². The summed E-state index contributed by atoms with van der Waals surface area (Å²) in [4.78, 5) is 15.8. The number of carbonyl (C=O) groups excluding carboxylic acids is 1. The van der Waals surface area contributed by atoms with Crippen LogP contribution < -0.4 is 20.1 Å². The average molecular weight is 332 g/mol. The van der Waals surface area contributed by atoms with Crippen LogP contribution in [-0.2, 0) is 13.1 Å². The number of imidazole rings is 1. The van der Waals surface area contributed by atoms with E-state index in [1.807, 2.05) is 29.0 Å². The standard InChI is InChI=1S/C17H24N4O3/c1-23-15-6-5-14(11-16(15)24-2)12-20-17(22)19-7-3-4-9-21-10-8-18-13-21/h5-6,8,10-11,13H,3-4,7,9,12H2,1-2H3,(H2,19,20,22). The molecule has 130 valence electrons. The molecule has 0 saturated heterocycles. The van der Waals surface area contributed by atoms with Crippen molar-refractivity contribution >= 4 is 6.03 Å². The van der Waals surface area contributed by atoms with Gasteiger partial charge in [0.25, 0.3) is 0 Å². The minimum Gasteiger partial charge on any atom is -0.493 e. The largest absolute Gasteiger partial charge is 0.493 e. The molecule has 0 aliphatic carbocycles. The molecule has 2 rings (SSSR count). The third-order valence-electron chi connectivity index (χ3n) is 3.59. The predicted octanol–water partition coefficient (Wildman–Crippen LogP) is 2.18. The van der Waals surface area contributed by atoms with Crippen molar-refractivity contribution in [3.8, 4) is 11.5 Å². The topological polar surface area (TPSA) is 77.4 Å². The van der Waals surface area contributed by atoms with Gasteiger partial charge in [-0.2, -0.15) is 0 Å². The molecule has 2 N–H and O–H groups in total. The Hall–Kier alpha value is -2.70. The summed E-state index contributed by atoms with van der Waals surface area (Å²) in [6.45, 7) is 1.99. The third kappa shape index (κ3) is 5.49.